The van der Waals surface area contributed by atoms with Crippen LogP contribution in [-0.2, 0) is 24.4 Å². The molecule has 170 valence electrons. The van der Waals surface area contributed by atoms with Gasteiger partial charge < -0.3 is 11.1 Å². The van der Waals surface area contributed by atoms with E-state index in [9.17, 15) is 18.0 Å². The van der Waals surface area contributed by atoms with Crippen LogP contribution in [0.2, 0.25) is 5.02 Å². The molecule has 1 atom stereocenters. The monoisotopic (exact) mass is 482 g/mol. The minimum atomic E-state index is -4.49. The van der Waals surface area contributed by atoms with Crippen LogP contribution in [-0.4, -0.2) is 33.1 Å². The zero-order valence-corrected chi connectivity index (χ0v) is 19.0. The zero-order chi connectivity index (χ0) is 23.6. The molecule has 0 fully saturated rings. The van der Waals surface area contributed by atoms with Crippen molar-refractivity contribution in [2.24, 2.45) is 12.8 Å². The number of nitrogens with zero attached hydrogens (tertiary/aromatic N) is 2. The summed E-state index contributed by atoms with van der Waals surface area (Å²) in [5.41, 5.74) is 7.78. The summed E-state index contributed by atoms with van der Waals surface area (Å²) in [7, 11) is 1.76. The van der Waals surface area contributed by atoms with Crippen LogP contribution in [0.3, 0.4) is 0 Å². The fraction of sp³-hybridized carbons (Fsp3) is 0.318. The van der Waals surface area contributed by atoms with E-state index in [0.717, 1.165) is 22.9 Å². The van der Waals surface area contributed by atoms with Gasteiger partial charge in [-0.2, -0.15) is 18.3 Å². The average Bonchev–Trinajstić information content (AvgIpc) is 3.06. The Morgan fingerprint density at radius 2 is 2.06 bits per heavy atom. The number of allylic oxidation sites excluding steroid dienone is 3. The summed E-state index contributed by atoms with van der Waals surface area (Å²) < 4.78 is 41.5. The minimum Gasteiger partial charge on any atom is -0.348 e. The summed E-state index contributed by atoms with van der Waals surface area (Å²) in [6, 6.07) is 4.57. The molecule has 3 rings (SSSR count). The van der Waals surface area contributed by atoms with Crippen molar-refractivity contribution in [2.45, 2.75) is 32.0 Å². The van der Waals surface area contributed by atoms with Gasteiger partial charge in [0.05, 0.1) is 28.0 Å². The fourth-order valence-electron chi connectivity index (χ4n) is 3.69. The second-order valence-corrected chi connectivity index (χ2v) is 8.45. The number of nitrogens with one attached hydrogen (secondary N) is 1. The third kappa shape index (κ3) is 5.11. The number of thiocarbonyl (C=S) groups is 1. The van der Waals surface area contributed by atoms with E-state index < -0.39 is 23.7 Å². The van der Waals surface area contributed by atoms with Crippen molar-refractivity contribution in [2.75, 3.05) is 6.54 Å². The second kappa shape index (κ2) is 9.56. The van der Waals surface area contributed by atoms with Gasteiger partial charge in [-0.1, -0.05) is 42.0 Å². The first-order chi connectivity index (χ1) is 15.0. The standard InChI is InChI=1S/C22H22ClF3N4OS/c1-12-7-16(19(32)9-15(12)20-18(23)11-28-30(20)2)21(31)29-14(10-27)8-13-5-3-4-6-17(13)22(24,25)26/h3-7,11,14H,8-10,27H2,1-2H3,(H,29,31)/t14-/m0/s1. The summed E-state index contributed by atoms with van der Waals surface area (Å²) in [6.45, 7) is 1.82. The van der Waals surface area contributed by atoms with Gasteiger partial charge in [-0.25, -0.2) is 0 Å². The van der Waals surface area contributed by atoms with Crippen molar-refractivity contribution >= 4 is 40.2 Å². The van der Waals surface area contributed by atoms with E-state index in [1.165, 1.54) is 24.4 Å². The van der Waals surface area contributed by atoms with Gasteiger partial charge in [0, 0.05) is 30.9 Å². The van der Waals surface area contributed by atoms with Crippen LogP contribution in [0.4, 0.5) is 13.2 Å². The number of hydrogen-bond donors (Lipinski definition) is 2. The molecule has 1 amide bonds. The molecule has 2 aromatic rings. The summed E-state index contributed by atoms with van der Waals surface area (Å²) >= 11 is 11.7. The first-order valence-corrected chi connectivity index (χ1v) is 10.6. The van der Waals surface area contributed by atoms with E-state index in [1.54, 1.807) is 17.8 Å². The lowest BCUT2D eigenvalue weighted by Crippen LogP contribution is -2.43. The van der Waals surface area contributed by atoms with Crippen molar-refractivity contribution < 1.29 is 18.0 Å². The first kappa shape index (κ1) is 24.2. The van der Waals surface area contributed by atoms with Gasteiger partial charge in [0.25, 0.3) is 5.91 Å². The van der Waals surface area contributed by atoms with Gasteiger partial charge in [0.2, 0.25) is 0 Å². The number of benzene rings is 1. The van der Waals surface area contributed by atoms with Gasteiger partial charge in [0.1, 0.15) is 0 Å². The van der Waals surface area contributed by atoms with Crippen molar-refractivity contribution in [3.8, 4) is 0 Å². The topological polar surface area (TPSA) is 72.9 Å². The number of alkyl halides is 3. The van der Waals surface area contributed by atoms with Crippen LogP contribution in [0.5, 0.6) is 0 Å². The second-order valence-electron chi connectivity index (χ2n) is 7.55. The molecule has 1 heterocycles. The van der Waals surface area contributed by atoms with Crippen molar-refractivity contribution in [3.05, 3.63) is 69.5 Å². The number of halogens is 4. The molecular formula is C22H22ClF3N4OS. The van der Waals surface area contributed by atoms with Crippen LogP contribution < -0.4 is 11.1 Å². The maximum atomic E-state index is 13.3. The molecule has 10 heteroatoms. The van der Waals surface area contributed by atoms with E-state index in [-0.39, 0.29) is 18.5 Å². The number of aromatic nitrogens is 2. The molecule has 5 nitrogen and oxygen atoms in total. The molecule has 0 radical (unpaired) electrons. The third-order valence-electron chi connectivity index (χ3n) is 5.31. The van der Waals surface area contributed by atoms with E-state index in [2.05, 4.69) is 10.4 Å². The minimum absolute atomic E-state index is 0.0251. The lowest BCUT2D eigenvalue weighted by atomic mass is 9.90. The molecule has 0 bridgehead atoms. The molecule has 0 unspecified atom stereocenters. The number of amides is 1. The highest BCUT2D eigenvalue weighted by Gasteiger charge is 2.33. The molecule has 0 saturated carbocycles. The van der Waals surface area contributed by atoms with Crippen LogP contribution in [0, 0.1) is 0 Å². The van der Waals surface area contributed by atoms with Crippen molar-refractivity contribution in [1.82, 2.24) is 15.1 Å². The summed E-state index contributed by atoms with van der Waals surface area (Å²) in [6.07, 6.45) is -1.01. The Kier molecular flexibility index (Phi) is 7.22. The van der Waals surface area contributed by atoms with Gasteiger partial charge in [-0.15, -0.1) is 0 Å². The Morgan fingerprint density at radius 3 is 2.66 bits per heavy atom. The number of nitrogens with two attached hydrogens (primary N) is 1. The van der Waals surface area contributed by atoms with Crippen molar-refractivity contribution in [3.63, 3.8) is 0 Å². The quantitative estimate of drug-likeness (QED) is 0.604. The number of rotatable bonds is 6. The first-order valence-electron chi connectivity index (χ1n) is 9.81. The van der Waals surface area contributed by atoms with Gasteiger partial charge in [-0.05, 0) is 42.2 Å². The maximum absolute atomic E-state index is 13.3. The molecule has 3 N–H and O–H groups in total. The highest BCUT2D eigenvalue weighted by atomic mass is 35.5. The van der Waals surface area contributed by atoms with E-state index >= 15 is 0 Å². The maximum Gasteiger partial charge on any atom is 0.416 e. The lowest BCUT2D eigenvalue weighted by Gasteiger charge is -2.23. The summed E-state index contributed by atoms with van der Waals surface area (Å²) in [4.78, 5) is 13.3. The lowest BCUT2D eigenvalue weighted by molar-refractivity contribution is -0.138. The average molecular weight is 483 g/mol. The predicted octanol–water partition coefficient (Wildman–Crippen LogP) is 4.25. The van der Waals surface area contributed by atoms with Gasteiger partial charge in [-0.3, -0.25) is 9.48 Å². The van der Waals surface area contributed by atoms with Crippen LogP contribution in [0.1, 0.15) is 30.2 Å². The van der Waals surface area contributed by atoms with Crippen LogP contribution in [0.15, 0.2) is 47.7 Å². The Labute approximate surface area is 194 Å². The normalized spacial score (nSPS) is 15.6. The Morgan fingerprint density at radius 1 is 1.38 bits per heavy atom. The summed E-state index contributed by atoms with van der Waals surface area (Å²) in [5.74, 6) is -0.468. The van der Waals surface area contributed by atoms with E-state index in [1.807, 2.05) is 6.92 Å². The largest absolute Gasteiger partial charge is 0.416 e. The summed E-state index contributed by atoms with van der Waals surface area (Å²) in [5, 5.41) is 7.35. The molecule has 0 spiro atoms. The predicted molar refractivity (Wildman–Crippen MR) is 122 cm³/mol. The molecular weight excluding hydrogens is 461 g/mol. The molecule has 1 aromatic carbocycles. The Balaban J connectivity index is 1.82. The zero-order valence-electron chi connectivity index (χ0n) is 17.5. The molecule has 1 aliphatic rings. The molecule has 32 heavy (non-hydrogen) atoms. The Bertz CT molecular complexity index is 1100. The Hall–Kier alpha value is -2.49. The molecule has 1 aliphatic carbocycles. The number of aryl methyl sites for hydroxylation is 1. The van der Waals surface area contributed by atoms with Crippen molar-refractivity contribution in [1.29, 1.82) is 0 Å². The van der Waals surface area contributed by atoms with E-state index in [0.29, 0.717) is 21.9 Å². The van der Waals surface area contributed by atoms with Crippen LogP contribution in [0.25, 0.3) is 5.57 Å². The highest BCUT2D eigenvalue weighted by molar-refractivity contribution is 7.81. The number of hydrogen-bond acceptors (Lipinski definition) is 4. The highest BCUT2D eigenvalue weighted by Crippen LogP contribution is 2.34. The van der Waals surface area contributed by atoms with Gasteiger partial charge in [0.15, 0.2) is 0 Å². The smallest absolute Gasteiger partial charge is 0.348 e. The third-order valence-corrected chi connectivity index (χ3v) is 5.95. The number of carbonyl (C=O) groups is 1. The van der Waals surface area contributed by atoms with Crippen LogP contribution >= 0.6 is 23.8 Å². The fourth-order valence-corrected chi connectivity index (χ4v) is 4.26. The number of carbonyl (C=O) groups excluding carboxylic acids is 1. The van der Waals surface area contributed by atoms with Gasteiger partial charge >= 0.3 is 6.18 Å². The SMILES string of the molecule is CC1=C(c2c(Cl)cnn2C)CC(=S)C(C(=O)N[C@H](CN)Cc2ccccc2C(F)(F)F)=C1. The molecule has 0 saturated heterocycles. The van der Waals surface area contributed by atoms with E-state index in [4.69, 9.17) is 29.6 Å². The molecule has 1 aromatic heterocycles. The molecule has 0 aliphatic heterocycles.